The highest BCUT2D eigenvalue weighted by Gasteiger charge is 2.30. The van der Waals surface area contributed by atoms with E-state index in [-0.39, 0.29) is 35.7 Å². The predicted molar refractivity (Wildman–Crippen MR) is 105 cm³/mol. The number of ether oxygens (including phenoxy) is 2. The van der Waals surface area contributed by atoms with Crippen molar-refractivity contribution in [2.45, 2.75) is 19.5 Å². The van der Waals surface area contributed by atoms with Gasteiger partial charge in [0.15, 0.2) is 5.96 Å². The van der Waals surface area contributed by atoms with Gasteiger partial charge in [0.25, 0.3) is 0 Å². The smallest absolute Gasteiger partial charge is 0.406 e. The maximum absolute atomic E-state index is 12.1. The number of nitrogens with two attached hydrogens (primary N) is 1. The molecule has 0 heterocycles. The molecule has 0 bridgehead atoms. The molecule has 5 nitrogen and oxygen atoms in total. The summed E-state index contributed by atoms with van der Waals surface area (Å²) in [5.41, 5.74) is 8.31. The Morgan fingerprint density at radius 2 is 1.62 bits per heavy atom. The summed E-state index contributed by atoms with van der Waals surface area (Å²) in [6.07, 6.45) is -4.71. The number of hydrogen-bond donors (Lipinski definition) is 2. The zero-order valence-electron chi connectivity index (χ0n) is 13.9. The molecule has 0 saturated heterocycles. The summed E-state index contributed by atoms with van der Waals surface area (Å²) in [7, 11) is 1.63. The number of anilines is 1. The zero-order chi connectivity index (χ0) is 18.3. The predicted octanol–water partition coefficient (Wildman–Crippen LogP) is 4.28. The topological polar surface area (TPSA) is 68.9 Å². The second kappa shape index (κ2) is 10.2. The van der Waals surface area contributed by atoms with Gasteiger partial charge in [-0.15, -0.1) is 37.1 Å². The van der Waals surface area contributed by atoms with Crippen LogP contribution in [0.4, 0.5) is 18.9 Å². The van der Waals surface area contributed by atoms with Crippen LogP contribution in [0.25, 0.3) is 0 Å². The number of aliphatic imine (C=N–C) groups is 1. The van der Waals surface area contributed by atoms with Gasteiger partial charge in [-0.1, -0.05) is 24.3 Å². The highest BCUT2D eigenvalue weighted by Crippen LogP contribution is 2.23. The van der Waals surface area contributed by atoms with E-state index in [4.69, 9.17) is 10.5 Å². The molecular formula is C17H19F3IN3O2. The fourth-order valence-electron chi connectivity index (χ4n) is 2.01. The third kappa shape index (κ3) is 7.91. The van der Waals surface area contributed by atoms with E-state index in [1.165, 1.54) is 24.3 Å². The number of hydrogen-bond acceptors (Lipinski definition) is 3. The maximum atomic E-state index is 12.1. The number of halogens is 4. The summed E-state index contributed by atoms with van der Waals surface area (Å²) in [5, 5.41) is 2.80. The Bertz CT molecular complexity index is 705. The summed E-state index contributed by atoms with van der Waals surface area (Å²) in [4.78, 5) is 4.19. The normalized spacial score (nSPS) is 11.6. The van der Waals surface area contributed by atoms with Crippen LogP contribution in [0.2, 0.25) is 0 Å². The summed E-state index contributed by atoms with van der Waals surface area (Å²) in [5.74, 6) is -0.143. The van der Waals surface area contributed by atoms with Crippen LogP contribution in [0, 0.1) is 0 Å². The first-order valence-corrected chi connectivity index (χ1v) is 7.35. The molecule has 0 saturated carbocycles. The Morgan fingerprint density at radius 3 is 2.15 bits per heavy atom. The Kier molecular flexibility index (Phi) is 8.66. The Hall–Kier alpha value is -2.01. The third-order valence-corrected chi connectivity index (χ3v) is 3.13. The summed E-state index contributed by atoms with van der Waals surface area (Å²) < 4.78 is 45.1. The monoisotopic (exact) mass is 481 g/mol. The molecule has 0 aliphatic carbocycles. The molecule has 0 unspecified atom stereocenters. The van der Waals surface area contributed by atoms with E-state index in [0.717, 1.165) is 11.1 Å². The molecule has 0 aliphatic heterocycles. The average Bonchev–Trinajstić information content (AvgIpc) is 2.55. The van der Waals surface area contributed by atoms with E-state index in [1.807, 2.05) is 24.3 Å². The number of benzene rings is 2. The van der Waals surface area contributed by atoms with Crippen molar-refractivity contribution in [3.63, 3.8) is 0 Å². The van der Waals surface area contributed by atoms with E-state index in [1.54, 1.807) is 7.11 Å². The minimum Gasteiger partial charge on any atom is -0.406 e. The summed E-state index contributed by atoms with van der Waals surface area (Å²) in [6, 6.07) is 13.0. The van der Waals surface area contributed by atoms with Crippen LogP contribution in [-0.4, -0.2) is 19.4 Å². The largest absolute Gasteiger partial charge is 0.573 e. The van der Waals surface area contributed by atoms with Crippen molar-refractivity contribution in [3.05, 3.63) is 59.7 Å². The molecule has 0 spiro atoms. The standard InChI is InChI=1S/C17H18F3N3O2.HI/c1-24-11-13-4-2-12(3-5-13)10-22-16(21)23-14-6-8-15(9-7-14)25-17(18,19)20;/h2-9H,10-11H2,1H3,(H3,21,22,23);1H. The van der Waals surface area contributed by atoms with Crippen LogP contribution in [0.1, 0.15) is 11.1 Å². The van der Waals surface area contributed by atoms with Crippen molar-refractivity contribution in [1.82, 2.24) is 0 Å². The fourth-order valence-corrected chi connectivity index (χ4v) is 2.01. The molecule has 0 aliphatic rings. The van der Waals surface area contributed by atoms with Crippen molar-refractivity contribution in [3.8, 4) is 5.75 Å². The lowest BCUT2D eigenvalue weighted by Gasteiger charge is -2.10. The lowest BCUT2D eigenvalue weighted by molar-refractivity contribution is -0.274. The van der Waals surface area contributed by atoms with Gasteiger partial charge in [0, 0.05) is 12.8 Å². The molecule has 0 radical (unpaired) electrons. The minimum atomic E-state index is -4.71. The second-order valence-electron chi connectivity index (χ2n) is 5.15. The van der Waals surface area contributed by atoms with E-state index in [9.17, 15) is 13.2 Å². The Balaban J connectivity index is 0.00000338. The van der Waals surface area contributed by atoms with Gasteiger partial charge in [-0.2, -0.15) is 0 Å². The van der Waals surface area contributed by atoms with Gasteiger partial charge in [0.05, 0.1) is 13.2 Å². The lowest BCUT2D eigenvalue weighted by atomic mass is 10.1. The highest BCUT2D eigenvalue weighted by molar-refractivity contribution is 14.0. The molecule has 2 aromatic carbocycles. The molecule has 9 heteroatoms. The van der Waals surface area contributed by atoms with Crippen molar-refractivity contribution < 1.29 is 22.6 Å². The minimum absolute atomic E-state index is 0. The van der Waals surface area contributed by atoms with Crippen molar-refractivity contribution in [1.29, 1.82) is 0 Å². The quantitative estimate of drug-likeness (QED) is 0.368. The highest BCUT2D eigenvalue weighted by atomic mass is 127. The molecule has 3 N–H and O–H groups in total. The van der Waals surface area contributed by atoms with Gasteiger partial charge in [-0.05, 0) is 35.4 Å². The summed E-state index contributed by atoms with van der Waals surface area (Å²) in [6.45, 7) is 0.919. The Labute approximate surface area is 166 Å². The fraction of sp³-hybridized carbons (Fsp3) is 0.235. The third-order valence-electron chi connectivity index (χ3n) is 3.13. The number of rotatable bonds is 6. The van der Waals surface area contributed by atoms with E-state index in [0.29, 0.717) is 18.8 Å². The van der Waals surface area contributed by atoms with E-state index >= 15 is 0 Å². The van der Waals surface area contributed by atoms with Crippen molar-refractivity contribution in [2.24, 2.45) is 10.7 Å². The molecule has 0 atom stereocenters. The zero-order valence-corrected chi connectivity index (χ0v) is 16.2. The van der Waals surface area contributed by atoms with Crippen LogP contribution in [0.5, 0.6) is 5.75 Å². The summed E-state index contributed by atoms with van der Waals surface area (Å²) >= 11 is 0. The number of nitrogens with one attached hydrogen (secondary N) is 1. The van der Waals surface area contributed by atoms with Crippen LogP contribution < -0.4 is 15.8 Å². The van der Waals surface area contributed by atoms with Gasteiger partial charge < -0.3 is 20.5 Å². The van der Waals surface area contributed by atoms with Crippen molar-refractivity contribution >= 4 is 35.6 Å². The molecule has 142 valence electrons. The molecule has 2 aromatic rings. The van der Waals surface area contributed by atoms with Crippen LogP contribution >= 0.6 is 24.0 Å². The van der Waals surface area contributed by atoms with E-state index in [2.05, 4.69) is 15.0 Å². The number of methoxy groups -OCH3 is 1. The number of guanidine groups is 1. The SMILES string of the molecule is COCc1ccc(CN=C(N)Nc2ccc(OC(F)(F)F)cc2)cc1.I. The molecule has 0 amide bonds. The molecule has 0 aromatic heterocycles. The van der Waals surface area contributed by atoms with Gasteiger partial charge in [-0.3, -0.25) is 0 Å². The first kappa shape index (κ1) is 22.0. The first-order valence-electron chi connectivity index (χ1n) is 7.35. The Morgan fingerprint density at radius 1 is 1.04 bits per heavy atom. The second-order valence-corrected chi connectivity index (χ2v) is 5.15. The molecule has 2 rings (SSSR count). The average molecular weight is 481 g/mol. The van der Waals surface area contributed by atoms with Gasteiger partial charge in [-0.25, -0.2) is 4.99 Å². The number of alkyl halides is 3. The van der Waals surface area contributed by atoms with Gasteiger partial charge >= 0.3 is 6.36 Å². The molecule has 26 heavy (non-hydrogen) atoms. The maximum Gasteiger partial charge on any atom is 0.573 e. The van der Waals surface area contributed by atoms with Crippen LogP contribution in [-0.2, 0) is 17.9 Å². The van der Waals surface area contributed by atoms with Gasteiger partial charge in [0.2, 0.25) is 0 Å². The molecular weight excluding hydrogens is 462 g/mol. The van der Waals surface area contributed by atoms with Crippen LogP contribution in [0.3, 0.4) is 0 Å². The van der Waals surface area contributed by atoms with Gasteiger partial charge in [0.1, 0.15) is 5.75 Å². The first-order chi connectivity index (χ1) is 11.9. The molecule has 0 fully saturated rings. The lowest BCUT2D eigenvalue weighted by Crippen LogP contribution is -2.22. The number of nitrogens with zero attached hydrogens (tertiary/aromatic N) is 1. The van der Waals surface area contributed by atoms with Crippen molar-refractivity contribution in [2.75, 3.05) is 12.4 Å². The van der Waals surface area contributed by atoms with Crippen LogP contribution in [0.15, 0.2) is 53.5 Å². The van der Waals surface area contributed by atoms with E-state index < -0.39 is 6.36 Å².